The largest absolute Gasteiger partial charge is 0.361 e. The molecule has 1 saturated heterocycles. The van der Waals surface area contributed by atoms with Crippen LogP contribution >= 0.6 is 0 Å². The summed E-state index contributed by atoms with van der Waals surface area (Å²) in [6.45, 7) is 3.80. The van der Waals surface area contributed by atoms with Gasteiger partial charge >= 0.3 is 0 Å². The van der Waals surface area contributed by atoms with Crippen LogP contribution in [0.25, 0.3) is 10.9 Å². The Balaban J connectivity index is 1.52. The number of amides is 1. The van der Waals surface area contributed by atoms with E-state index in [0.29, 0.717) is 6.42 Å². The Morgan fingerprint density at radius 1 is 1.24 bits per heavy atom. The molecule has 1 aromatic carbocycles. The van der Waals surface area contributed by atoms with Gasteiger partial charge in [0.15, 0.2) is 0 Å². The molecule has 21 heavy (non-hydrogen) atoms. The molecule has 0 atom stereocenters. The van der Waals surface area contributed by atoms with E-state index in [2.05, 4.69) is 34.5 Å². The molecule has 1 fully saturated rings. The molecule has 3 rings (SSSR count). The molecule has 5 heteroatoms. The van der Waals surface area contributed by atoms with Gasteiger partial charge in [-0.05, 0) is 25.1 Å². The standard InChI is InChI=1S/C16H22N4O/c1-19-8-10-20(11-9-19)18-16(21)7-6-13-12-17-15-5-3-2-4-14(13)15/h2-5,12,17H,6-11H2,1H3,(H,18,21). The van der Waals surface area contributed by atoms with Crippen molar-refractivity contribution in [2.75, 3.05) is 33.2 Å². The van der Waals surface area contributed by atoms with E-state index < -0.39 is 0 Å². The quantitative estimate of drug-likeness (QED) is 0.893. The van der Waals surface area contributed by atoms with Gasteiger partial charge in [0.25, 0.3) is 0 Å². The Bertz CT molecular complexity index is 614. The number of aromatic nitrogens is 1. The molecule has 1 aromatic heterocycles. The summed E-state index contributed by atoms with van der Waals surface area (Å²) in [5.74, 6) is 0.102. The summed E-state index contributed by atoms with van der Waals surface area (Å²) in [5, 5.41) is 3.24. The average molecular weight is 286 g/mol. The molecule has 1 aliphatic rings. The average Bonchev–Trinajstić information content (AvgIpc) is 2.91. The van der Waals surface area contributed by atoms with Gasteiger partial charge in [-0.3, -0.25) is 10.2 Å². The van der Waals surface area contributed by atoms with Crippen molar-refractivity contribution in [3.05, 3.63) is 36.0 Å². The Morgan fingerprint density at radius 2 is 2.00 bits per heavy atom. The van der Waals surface area contributed by atoms with Crippen LogP contribution in [0.5, 0.6) is 0 Å². The van der Waals surface area contributed by atoms with Crippen molar-refractivity contribution in [1.82, 2.24) is 20.3 Å². The number of rotatable bonds is 4. The molecular weight excluding hydrogens is 264 g/mol. The van der Waals surface area contributed by atoms with Crippen molar-refractivity contribution in [2.24, 2.45) is 0 Å². The molecular formula is C16H22N4O. The van der Waals surface area contributed by atoms with Gasteiger partial charge < -0.3 is 9.88 Å². The maximum absolute atomic E-state index is 12.0. The Hall–Kier alpha value is -1.85. The molecule has 2 heterocycles. The SMILES string of the molecule is CN1CCN(NC(=O)CCc2c[nH]c3ccccc23)CC1. The number of piperazine rings is 1. The van der Waals surface area contributed by atoms with Crippen LogP contribution in [0.3, 0.4) is 0 Å². The van der Waals surface area contributed by atoms with E-state index in [1.807, 2.05) is 23.3 Å². The maximum atomic E-state index is 12.0. The second-order valence-electron chi connectivity index (χ2n) is 5.68. The van der Waals surface area contributed by atoms with Crippen LogP contribution < -0.4 is 5.43 Å². The van der Waals surface area contributed by atoms with Crippen molar-refractivity contribution in [3.63, 3.8) is 0 Å². The number of nitrogens with zero attached hydrogens (tertiary/aromatic N) is 2. The third kappa shape index (κ3) is 3.43. The van der Waals surface area contributed by atoms with Crippen LogP contribution in [0.4, 0.5) is 0 Å². The minimum atomic E-state index is 0.102. The Labute approximate surface area is 124 Å². The number of nitrogens with one attached hydrogen (secondary N) is 2. The number of carbonyl (C=O) groups is 1. The van der Waals surface area contributed by atoms with Gasteiger partial charge in [-0.1, -0.05) is 18.2 Å². The fourth-order valence-corrected chi connectivity index (χ4v) is 2.74. The maximum Gasteiger partial charge on any atom is 0.234 e. The third-order valence-electron chi connectivity index (χ3n) is 4.08. The summed E-state index contributed by atoms with van der Waals surface area (Å²) in [4.78, 5) is 17.6. The number of H-pyrrole nitrogens is 1. The van der Waals surface area contributed by atoms with E-state index in [0.717, 1.165) is 38.1 Å². The number of aryl methyl sites for hydroxylation is 1. The zero-order valence-electron chi connectivity index (χ0n) is 12.4. The molecule has 0 spiro atoms. The van der Waals surface area contributed by atoms with E-state index in [4.69, 9.17) is 0 Å². The van der Waals surface area contributed by atoms with E-state index >= 15 is 0 Å². The third-order valence-corrected chi connectivity index (χ3v) is 4.08. The molecule has 0 saturated carbocycles. The zero-order chi connectivity index (χ0) is 14.7. The molecule has 2 aromatic rings. The lowest BCUT2D eigenvalue weighted by molar-refractivity contribution is -0.126. The van der Waals surface area contributed by atoms with Gasteiger partial charge in [-0.25, -0.2) is 5.01 Å². The van der Waals surface area contributed by atoms with E-state index in [1.165, 1.54) is 10.9 Å². The van der Waals surface area contributed by atoms with Crippen LogP contribution in [0.1, 0.15) is 12.0 Å². The summed E-state index contributed by atoms with van der Waals surface area (Å²) in [7, 11) is 2.11. The molecule has 0 radical (unpaired) electrons. The van der Waals surface area contributed by atoms with Crippen LogP contribution in [0.2, 0.25) is 0 Å². The number of fused-ring (bicyclic) bond motifs is 1. The number of para-hydroxylation sites is 1. The van der Waals surface area contributed by atoms with Crippen LogP contribution in [-0.2, 0) is 11.2 Å². The lowest BCUT2D eigenvalue weighted by Gasteiger charge is -2.32. The first kappa shape index (κ1) is 14.1. The molecule has 5 nitrogen and oxygen atoms in total. The monoisotopic (exact) mass is 286 g/mol. The minimum Gasteiger partial charge on any atom is -0.361 e. The number of benzene rings is 1. The number of aromatic amines is 1. The van der Waals surface area contributed by atoms with Crippen molar-refractivity contribution >= 4 is 16.8 Å². The first-order valence-corrected chi connectivity index (χ1v) is 7.50. The fourth-order valence-electron chi connectivity index (χ4n) is 2.74. The molecule has 0 unspecified atom stereocenters. The number of hydrazine groups is 1. The van der Waals surface area contributed by atoms with Crippen LogP contribution in [0, 0.1) is 0 Å². The molecule has 0 aliphatic carbocycles. The summed E-state index contributed by atoms with van der Waals surface area (Å²) in [6, 6.07) is 8.20. The predicted octanol–water partition coefficient (Wildman–Crippen LogP) is 1.38. The normalized spacial score (nSPS) is 17.2. The Kier molecular flexibility index (Phi) is 4.22. The second kappa shape index (κ2) is 6.28. The molecule has 0 bridgehead atoms. The van der Waals surface area contributed by atoms with Gasteiger partial charge in [0.2, 0.25) is 5.91 Å². The second-order valence-corrected chi connectivity index (χ2v) is 5.68. The smallest absolute Gasteiger partial charge is 0.234 e. The van der Waals surface area contributed by atoms with E-state index in [9.17, 15) is 4.79 Å². The number of hydrogen-bond acceptors (Lipinski definition) is 3. The van der Waals surface area contributed by atoms with Crippen molar-refractivity contribution in [3.8, 4) is 0 Å². The Morgan fingerprint density at radius 3 is 2.81 bits per heavy atom. The number of carbonyl (C=O) groups excluding carboxylic acids is 1. The van der Waals surface area contributed by atoms with Gasteiger partial charge in [0.1, 0.15) is 0 Å². The number of likely N-dealkylation sites (N-methyl/N-ethyl adjacent to an activating group) is 1. The van der Waals surface area contributed by atoms with E-state index in [-0.39, 0.29) is 5.91 Å². The number of hydrogen-bond donors (Lipinski definition) is 2. The van der Waals surface area contributed by atoms with Crippen LogP contribution in [0.15, 0.2) is 30.5 Å². The lowest BCUT2D eigenvalue weighted by Crippen LogP contribution is -2.52. The summed E-state index contributed by atoms with van der Waals surface area (Å²) < 4.78 is 0. The first-order valence-electron chi connectivity index (χ1n) is 7.50. The summed E-state index contributed by atoms with van der Waals surface area (Å²) in [5.41, 5.74) is 5.35. The summed E-state index contributed by atoms with van der Waals surface area (Å²) >= 11 is 0. The lowest BCUT2D eigenvalue weighted by atomic mass is 10.1. The van der Waals surface area contributed by atoms with Gasteiger partial charge in [-0.2, -0.15) is 0 Å². The molecule has 1 amide bonds. The van der Waals surface area contributed by atoms with Gasteiger partial charge in [0, 0.05) is 49.7 Å². The van der Waals surface area contributed by atoms with Crippen molar-refractivity contribution < 1.29 is 4.79 Å². The van der Waals surface area contributed by atoms with Gasteiger partial charge in [0.05, 0.1) is 0 Å². The highest BCUT2D eigenvalue weighted by Gasteiger charge is 2.15. The molecule has 2 N–H and O–H groups in total. The summed E-state index contributed by atoms with van der Waals surface area (Å²) in [6.07, 6.45) is 3.30. The highest BCUT2D eigenvalue weighted by molar-refractivity contribution is 5.84. The highest BCUT2D eigenvalue weighted by Crippen LogP contribution is 2.18. The topological polar surface area (TPSA) is 51.4 Å². The van der Waals surface area contributed by atoms with E-state index in [1.54, 1.807) is 0 Å². The van der Waals surface area contributed by atoms with Crippen molar-refractivity contribution in [1.29, 1.82) is 0 Å². The zero-order valence-corrected chi connectivity index (χ0v) is 12.4. The first-order chi connectivity index (χ1) is 10.2. The fraction of sp³-hybridized carbons (Fsp3) is 0.438. The minimum absolute atomic E-state index is 0.102. The molecule has 112 valence electrons. The molecule has 1 aliphatic heterocycles. The van der Waals surface area contributed by atoms with Gasteiger partial charge in [-0.15, -0.1) is 0 Å². The van der Waals surface area contributed by atoms with Crippen LogP contribution in [-0.4, -0.2) is 54.0 Å². The highest BCUT2D eigenvalue weighted by atomic mass is 16.2. The van der Waals surface area contributed by atoms with Crippen molar-refractivity contribution in [2.45, 2.75) is 12.8 Å². The predicted molar refractivity (Wildman–Crippen MR) is 83.8 cm³/mol.